The number of thiol groups is 1. The molecule has 2 aromatic rings. The molecule has 0 aliphatic rings. The van der Waals surface area contributed by atoms with Crippen molar-refractivity contribution in [2.24, 2.45) is 0 Å². The van der Waals surface area contributed by atoms with Crippen molar-refractivity contribution in [2.75, 3.05) is 11.5 Å². The van der Waals surface area contributed by atoms with Gasteiger partial charge in [-0.25, -0.2) is 0 Å². The van der Waals surface area contributed by atoms with Crippen molar-refractivity contribution in [2.45, 2.75) is 6.54 Å². The molecular weight excluding hydrogens is 240 g/mol. The molecule has 1 aromatic heterocycles. The van der Waals surface area contributed by atoms with Crippen LogP contribution in [0.2, 0.25) is 0 Å². The minimum absolute atomic E-state index is 0.789. The number of aryl methyl sites for hydroxylation is 1. The summed E-state index contributed by atoms with van der Waals surface area (Å²) in [6.45, 7) is 0.908. The fourth-order valence-electron chi connectivity index (χ4n) is 1.74. The molecule has 0 radical (unpaired) electrons. The van der Waals surface area contributed by atoms with Gasteiger partial charge in [-0.15, -0.1) is 0 Å². The topological polar surface area (TPSA) is 29.9 Å². The van der Waals surface area contributed by atoms with Crippen LogP contribution in [0.3, 0.4) is 0 Å². The lowest BCUT2D eigenvalue weighted by Crippen LogP contribution is -2.37. The number of anilines is 1. The van der Waals surface area contributed by atoms with Crippen LogP contribution in [0.4, 0.5) is 5.69 Å². The molecule has 0 aliphatic carbocycles. The van der Waals surface area contributed by atoms with E-state index in [2.05, 4.69) is 41.6 Å². The standard InChI is InChI=1S/C15H16N2S/c16-14-7-4-13(5-8-14)6-9-15-3-1-2-10-17(15)11-12-18/h1-10,16,18H,11-12H2/p+1. The first kappa shape index (κ1) is 12.7. The molecule has 3 heteroatoms. The van der Waals surface area contributed by atoms with Crippen molar-refractivity contribution in [1.29, 1.82) is 0 Å². The molecule has 2 N–H and O–H groups in total. The first-order valence-electron chi connectivity index (χ1n) is 5.92. The zero-order valence-electron chi connectivity index (χ0n) is 10.2. The second-order valence-corrected chi connectivity index (χ2v) is 4.49. The maximum absolute atomic E-state index is 5.66. The molecule has 18 heavy (non-hydrogen) atoms. The van der Waals surface area contributed by atoms with Gasteiger partial charge in [0.15, 0.2) is 12.7 Å². The molecule has 0 aliphatic heterocycles. The highest BCUT2D eigenvalue weighted by Gasteiger charge is 2.04. The summed E-state index contributed by atoms with van der Waals surface area (Å²) in [5.41, 5.74) is 8.76. The fraction of sp³-hybridized carbons (Fsp3) is 0.133. The summed E-state index contributed by atoms with van der Waals surface area (Å²) >= 11 is 4.27. The third kappa shape index (κ3) is 3.37. The van der Waals surface area contributed by atoms with Crippen LogP contribution in [-0.4, -0.2) is 5.75 Å². The van der Waals surface area contributed by atoms with E-state index in [9.17, 15) is 0 Å². The molecule has 1 heterocycles. The van der Waals surface area contributed by atoms with E-state index in [1.165, 1.54) is 5.69 Å². The van der Waals surface area contributed by atoms with E-state index in [-0.39, 0.29) is 0 Å². The smallest absolute Gasteiger partial charge is 0.205 e. The third-order valence-electron chi connectivity index (χ3n) is 2.70. The summed E-state index contributed by atoms with van der Waals surface area (Å²) in [7, 11) is 0. The van der Waals surface area contributed by atoms with Gasteiger partial charge in [-0.2, -0.15) is 17.2 Å². The Labute approximate surface area is 113 Å². The van der Waals surface area contributed by atoms with Crippen LogP contribution in [-0.2, 0) is 6.54 Å². The average Bonchev–Trinajstić information content (AvgIpc) is 2.40. The molecule has 0 saturated carbocycles. The van der Waals surface area contributed by atoms with Crippen molar-refractivity contribution in [1.82, 2.24) is 0 Å². The van der Waals surface area contributed by atoms with Gasteiger partial charge < -0.3 is 5.73 Å². The quantitative estimate of drug-likeness (QED) is 0.492. The van der Waals surface area contributed by atoms with Gasteiger partial charge in [-0.05, 0) is 29.8 Å². The lowest BCUT2D eigenvalue weighted by molar-refractivity contribution is -0.694. The highest BCUT2D eigenvalue weighted by Crippen LogP contribution is 2.08. The van der Waals surface area contributed by atoms with Gasteiger partial charge in [-0.1, -0.05) is 12.1 Å². The summed E-state index contributed by atoms with van der Waals surface area (Å²) in [6.07, 6.45) is 6.26. The van der Waals surface area contributed by atoms with Crippen molar-refractivity contribution < 1.29 is 4.57 Å². The molecule has 0 spiro atoms. The number of nitrogen functional groups attached to an aromatic ring is 1. The number of benzene rings is 1. The van der Waals surface area contributed by atoms with Gasteiger partial charge >= 0.3 is 0 Å². The van der Waals surface area contributed by atoms with Crippen molar-refractivity contribution >= 4 is 30.5 Å². The van der Waals surface area contributed by atoms with Crippen LogP contribution in [0.25, 0.3) is 12.2 Å². The maximum Gasteiger partial charge on any atom is 0.205 e. The van der Waals surface area contributed by atoms with E-state index >= 15 is 0 Å². The Morgan fingerprint density at radius 2 is 1.83 bits per heavy atom. The maximum atomic E-state index is 5.66. The molecule has 0 amide bonds. The van der Waals surface area contributed by atoms with Crippen LogP contribution in [0.5, 0.6) is 0 Å². The number of nitrogens with two attached hydrogens (primary N) is 1. The molecule has 0 saturated heterocycles. The monoisotopic (exact) mass is 257 g/mol. The molecule has 0 fully saturated rings. The fourth-order valence-corrected chi connectivity index (χ4v) is 1.96. The second kappa shape index (κ2) is 6.26. The van der Waals surface area contributed by atoms with Gasteiger partial charge in [0, 0.05) is 29.6 Å². The lowest BCUT2D eigenvalue weighted by Gasteiger charge is -1.98. The van der Waals surface area contributed by atoms with Crippen LogP contribution in [0.15, 0.2) is 48.7 Å². The van der Waals surface area contributed by atoms with E-state index < -0.39 is 0 Å². The van der Waals surface area contributed by atoms with E-state index in [1.807, 2.05) is 36.4 Å². The first-order valence-corrected chi connectivity index (χ1v) is 6.56. The molecule has 0 unspecified atom stereocenters. The Morgan fingerprint density at radius 1 is 1.06 bits per heavy atom. The van der Waals surface area contributed by atoms with Gasteiger partial charge in [0.05, 0.1) is 0 Å². The molecule has 2 rings (SSSR count). The van der Waals surface area contributed by atoms with Crippen LogP contribution >= 0.6 is 12.6 Å². The third-order valence-corrected chi connectivity index (χ3v) is 2.90. The van der Waals surface area contributed by atoms with Gasteiger partial charge in [-0.3, -0.25) is 0 Å². The highest BCUT2D eigenvalue weighted by molar-refractivity contribution is 7.80. The number of hydrogen-bond donors (Lipinski definition) is 2. The summed E-state index contributed by atoms with van der Waals surface area (Å²) in [5, 5.41) is 0. The summed E-state index contributed by atoms with van der Waals surface area (Å²) < 4.78 is 2.18. The molecule has 2 nitrogen and oxygen atoms in total. The second-order valence-electron chi connectivity index (χ2n) is 4.04. The number of nitrogens with zero attached hydrogens (tertiary/aromatic N) is 1. The van der Waals surface area contributed by atoms with Crippen molar-refractivity contribution in [3.05, 3.63) is 59.9 Å². The molecule has 1 aromatic carbocycles. The Morgan fingerprint density at radius 3 is 2.56 bits per heavy atom. The number of hydrogen-bond acceptors (Lipinski definition) is 2. The SMILES string of the molecule is Nc1ccc(/C=C/c2cccc[n+]2CCS)cc1. The summed E-state index contributed by atoms with van der Waals surface area (Å²) in [6, 6.07) is 14.0. The lowest BCUT2D eigenvalue weighted by atomic mass is 10.2. The number of pyridine rings is 1. The van der Waals surface area contributed by atoms with Gasteiger partial charge in [0.2, 0.25) is 5.69 Å². The number of rotatable bonds is 4. The zero-order chi connectivity index (χ0) is 12.8. The molecule has 0 atom stereocenters. The van der Waals surface area contributed by atoms with Crippen LogP contribution < -0.4 is 10.3 Å². The minimum Gasteiger partial charge on any atom is -0.399 e. The van der Waals surface area contributed by atoms with E-state index in [0.717, 1.165) is 23.5 Å². The normalized spacial score (nSPS) is 10.9. The van der Waals surface area contributed by atoms with E-state index in [0.29, 0.717) is 0 Å². The van der Waals surface area contributed by atoms with Crippen LogP contribution in [0.1, 0.15) is 11.3 Å². The summed E-state index contributed by atoms with van der Waals surface area (Å²) in [5.74, 6) is 0.831. The minimum atomic E-state index is 0.789. The first-order chi connectivity index (χ1) is 8.79. The van der Waals surface area contributed by atoms with Crippen molar-refractivity contribution in [3.63, 3.8) is 0 Å². The van der Waals surface area contributed by atoms with Gasteiger partial charge in [0.1, 0.15) is 0 Å². The van der Waals surface area contributed by atoms with E-state index in [1.54, 1.807) is 0 Å². The number of aromatic nitrogens is 1. The zero-order valence-corrected chi connectivity index (χ0v) is 11.1. The van der Waals surface area contributed by atoms with Crippen LogP contribution in [0, 0.1) is 0 Å². The van der Waals surface area contributed by atoms with E-state index in [4.69, 9.17) is 5.73 Å². The predicted molar refractivity (Wildman–Crippen MR) is 80.3 cm³/mol. The highest BCUT2D eigenvalue weighted by atomic mass is 32.1. The Balaban J connectivity index is 2.20. The Bertz CT molecular complexity index is 532. The molecule has 92 valence electrons. The predicted octanol–water partition coefficient (Wildman–Crippen LogP) is 2.66. The molecule has 0 bridgehead atoms. The molecular formula is C15H17N2S+. The van der Waals surface area contributed by atoms with Gasteiger partial charge in [0.25, 0.3) is 0 Å². The summed E-state index contributed by atoms with van der Waals surface area (Å²) in [4.78, 5) is 0. The Kier molecular flexibility index (Phi) is 4.42. The largest absolute Gasteiger partial charge is 0.399 e. The average molecular weight is 257 g/mol. The van der Waals surface area contributed by atoms with Crippen molar-refractivity contribution in [3.8, 4) is 0 Å². The Hall–Kier alpha value is -1.74.